The smallest absolute Gasteiger partial charge is 0.356 e. The van der Waals surface area contributed by atoms with Gasteiger partial charge in [0.15, 0.2) is 5.69 Å². The Morgan fingerprint density at radius 3 is 2.67 bits per heavy atom. The van der Waals surface area contributed by atoms with Gasteiger partial charge < -0.3 is 10.1 Å². The van der Waals surface area contributed by atoms with Gasteiger partial charge in [0.25, 0.3) is 0 Å². The molecule has 1 aromatic heterocycles. The van der Waals surface area contributed by atoms with E-state index in [1.165, 1.54) is 19.3 Å². The molecule has 0 aliphatic heterocycles. The molecule has 1 saturated carbocycles. The number of nitrogens with zero attached hydrogens (tertiary/aromatic N) is 1. The highest BCUT2D eigenvalue weighted by Gasteiger charge is 2.24. The third-order valence-electron chi connectivity index (χ3n) is 3.07. The van der Waals surface area contributed by atoms with Gasteiger partial charge in [-0.15, -0.1) is 0 Å². The van der Waals surface area contributed by atoms with Gasteiger partial charge in [-0.25, -0.2) is 9.78 Å². The number of aromatic nitrogens is 2. The summed E-state index contributed by atoms with van der Waals surface area (Å²) in [7, 11) is 0. The van der Waals surface area contributed by atoms with Crippen molar-refractivity contribution in [3.63, 3.8) is 0 Å². The van der Waals surface area contributed by atoms with Crippen LogP contribution in [0.1, 0.15) is 60.0 Å². The fourth-order valence-electron chi connectivity index (χ4n) is 2.36. The molecule has 0 aromatic carbocycles. The highest BCUT2D eigenvalue weighted by atomic mass is 16.4. The van der Waals surface area contributed by atoms with Gasteiger partial charge in [0.2, 0.25) is 0 Å². The van der Waals surface area contributed by atoms with Crippen LogP contribution in [0, 0.1) is 6.92 Å². The SMILES string of the molecule is Cc1nc(C(=O)O)c(C2CCCCC2)[nH]1. The van der Waals surface area contributed by atoms with Gasteiger partial charge in [-0.05, 0) is 19.8 Å². The lowest BCUT2D eigenvalue weighted by atomic mass is 9.86. The molecule has 82 valence electrons. The van der Waals surface area contributed by atoms with Gasteiger partial charge in [0.1, 0.15) is 5.82 Å². The highest BCUT2D eigenvalue weighted by molar-refractivity contribution is 5.87. The summed E-state index contributed by atoms with van der Waals surface area (Å²) < 4.78 is 0. The first-order chi connectivity index (χ1) is 7.18. The fraction of sp³-hybridized carbons (Fsp3) is 0.636. The maximum atomic E-state index is 11.0. The molecule has 0 saturated heterocycles. The number of hydrogen-bond acceptors (Lipinski definition) is 2. The van der Waals surface area contributed by atoms with Crippen LogP contribution in [0.2, 0.25) is 0 Å². The van der Waals surface area contributed by atoms with E-state index in [1.807, 2.05) is 0 Å². The summed E-state index contributed by atoms with van der Waals surface area (Å²) in [6.45, 7) is 1.80. The van der Waals surface area contributed by atoms with Crippen LogP contribution in [0.3, 0.4) is 0 Å². The Kier molecular flexibility index (Phi) is 2.75. The third kappa shape index (κ3) is 2.03. The van der Waals surface area contributed by atoms with E-state index in [-0.39, 0.29) is 5.69 Å². The van der Waals surface area contributed by atoms with E-state index in [4.69, 9.17) is 5.11 Å². The van der Waals surface area contributed by atoms with Gasteiger partial charge in [-0.3, -0.25) is 0 Å². The van der Waals surface area contributed by atoms with Crippen LogP contribution in [0.5, 0.6) is 0 Å². The number of nitrogens with one attached hydrogen (secondary N) is 1. The lowest BCUT2D eigenvalue weighted by molar-refractivity contribution is 0.0688. The zero-order valence-corrected chi connectivity index (χ0v) is 8.92. The molecule has 1 heterocycles. The quantitative estimate of drug-likeness (QED) is 0.784. The monoisotopic (exact) mass is 208 g/mol. The van der Waals surface area contributed by atoms with Gasteiger partial charge >= 0.3 is 5.97 Å². The van der Waals surface area contributed by atoms with E-state index in [0.717, 1.165) is 18.5 Å². The number of aryl methyl sites for hydroxylation is 1. The summed E-state index contributed by atoms with van der Waals surface area (Å²) in [4.78, 5) is 18.1. The average molecular weight is 208 g/mol. The third-order valence-corrected chi connectivity index (χ3v) is 3.07. The molecule has 1 aromatic rings. The van der Waals surface area contributed by atoms with Crippen molar-refractivity contribution in [1.82, 2.24) is 9.97 Å². The lowest BCUT2D eigenvalue weighted by Gasteiger charge is -2.20. The van der Waals surface area contributed by atoms with Crippen LogP contribution in [0.15, 0.2) is 0 Å². The van der Waals surface area contributed by atoms with Crippen molar-refractivity contribution in [2.45, 2.75) is 44.9 Å². The number of carboxylic acid groups (broad SMARTS) is 1. The molecular formula is C11H16N2O2. The molecule has 0 amide bonds. The molecule has 0 atom stereocenters. The Balaban J connectivity index is 2.28. The molecule has 1 aliphatic carbocycles. The summed E-state index contributed by atoms with van der Waals surface area (Å²) in [5.74, 6) is 0.152. The lowest BCUT2D eigenvalue weighted by Crippen LogP contribution is -2.10. The number of aromatic amines is 1. The van der Waals surface area contributed by atoms with Crippen molar-refractivity contribution in [3.05, 3.63) is 17.2 Å². The molecule has 2 rings (SSSR count). The standard InChI is InChI=1S/C11H16N2O2/c1-7-12-9(10(13-7)11(14)15)8-5-3-2-4-6-8/h8H,2-6H2,1H3,(H,12,13)(H,14,15). The van der Waals surface area contributed by atoms with Gasteiger partial charge in [0, 0.05) is 5.92 Å². The van der Waals surface area contributed by atoms with Crippen molar-refractivity contribution in [2.75, 3.05) is 0 Å². The Hall–Kier alpha value is -1.32. The summed E-state index contributed by atoms with van der Waals surface area (Å²) >= 11 is 0. The largest absolute Gasteiger partial charge is 0.476 e. The van der Waals surface area contributed by atoms with E-state index >= 15 is 0 Å². The number of carboxylic acids is 1. The van der Waals surface area contributed by atoms with E-state index in [9.17, 15) is 4.79 Å². The summed E-state index contributed by atoms with van der Waals surface area (Å²) in [6.07, 6.45) is 5.83. The molecule has 0 unspecified atom stereocenters. The number of aromatic carboxylic acids is 1. The topological polar surface area (TPSA) is 66.0 Å². The number of carbonyl (C=O) groups is 1. The first-order valence-corrected chi connectivity index (χ1v) is 5.48. The van der Waals surface area contributed by atoms with Crippen LogP contribution >= 0.6 is 0 Å². The maximum Gasteiger partial charge on any atom is 0.356 e. The predicted octanol–water partition coefficient (Wildman–Crippen LogP) is 2.46. The Morgan fingerprint density at radius 1 is 1.40 bits per heavy atom. The normalized spacial score (nSPS) is 17.9. The maximum absolute atomic E-state index is 11.0. The van der Waals surface area contributed by atoms with Crippen molar-refractivity contribution in [2.24, 2.45) is 0 Å². The van der Waals surface area contributed by atoms with Crippen LogP contribution in [-0.2, 0) is 0 Å². The molecule has 2 N–H and O–H groups in total. The van der Waals surface area contributed by atoms with Gasteiger partial charge in [-0.2, -0.15) is 0 Å². The molecule has 1 fully saturated rings. The molecular weight excluding hydrogens is 192 g/mol. The summed E-state index contributed by atoms with van der Waals surface area (Å²) in [5.41, 5.74) is 1.05. The zero-order valence-electron chi connectivity index (χ0n) is 8.92. The molecule has 0 bridgehead atoms. The second-order valence-electron chi connectivity index (χ2n) is 4.22. The molecule has 4 nitrogen and oxygen atoms in total. The molecule has 4 heteroatoms. The number of rotatable bonds is 2. The number of imidazole rings is 1. The number of hydrogen-bond donors (Lipinski definition) is 2. The predicted molar refractivity (Wildman–Crippen MR) is 56.1 cm³/mol. The van der Waals surface area contributed by atoms with Crippen LogP contribution < -0.4 is 0 Å². The first-order valence-electron chi connectivity index (χ1n) is 5.48. The van der Waals surface area contributed by atoms with Crippen molar-refractivity contribution < 1.29 is 9.90 Å². The van der Waals surface area contributed by atoms with E-state index in [0.29, 0.717) is 11.7 Å². The minimum Gasteiger partial charge on any atom is -0.476 e. The van der Waals surface area contributed by atoms with Crippen LogP contribution in [-0.4, -0.2) is 21.0 Å². The van der Waals surface area contributed by atoms with Crippen LogP contribution in [0.4, 0.5) is 0 Å². The second-order valence-corrected chi connectivity index (χ2v) is 4.22. The van der Waals surface area contributed by atoms with Crippen molar-refractivity contribution >= 4 is 5.97 Å². The highest BCUT2D eigenvalue weighted by Crippen LogP contribution is 2.33. The van der Waals surface area contributed by atoms with E-state index in [1.54, 1.807) is 6.92 Å². The molecule has 0 radical (unpaired) electrons. The van der Waals surface area contributed by atoms with Crippen LogP contribution in [0.25, 0.3) is 0 Å². The average Bonchev–Trinajstić information content (AvgIpc) is 2.62. The van der Waals surface area contributed by atoms with E-state index < -0.39 is 5.97 Å². The van der Waals surface area contributed by atoms with Crippen molar-refractivity contribution in [1.29, 1.82) is 0 Å². The summed E-state index contributed by atoms with van der Waals surface area (Å²) in [5, 5.41) is 9.03. The molecule has 1 aliphatic rings. The minimum absolute atomic E-state index is 0.222. The second kappa shape index (κ2) is 4.04. The summed E-state index contributed by atoms with van der Waals surface area (Å²) in [6, 6.07) is 0. The molecule has 0 spiro atoms. The van der Waals surface area contributed by atoms with E-state index in [2.05, 4.69) is 9.97 Å². The van der Waals surface area contributed by atoms with Gasteiger partial charge in [0.05, 0.1) is 5.69 Å². The Bertz CT molecular complexity index is 365. The zero-order chi connectivity index (χ0) is 10.8. The van der Waals surface area contributed by atoms with Crippen molar-refractivity contribution in [3.8, 4) is 0 Å². The fourth-order valence-corrected chi connectivity index (χ4v) is 2.36. The van der Waals surface area contributed by atoms with Gasteiger partial charge in [-0.1, -0.05) is 19.3 Å². The Morgan fingerprint density at radius 2 is 2.07 bits per heavy atom. The first kappa shape index (κ1) is 10.2. The molecule has 15 heavy (non-hydrogen) atoms. The minimum atomic E-state index is -0.917. The number of H-pyrrole nitrogens is 1. The Labute approximate surface area is 88.7 Å².